The van der Waals surface area contributed by atoms with Crippen LogP contribution in [0.2, 0.25) is 0 Å². The van der Waals surface area contributed by atoms with Crippen LogP contribution in [-0.4, -0.2) is 31.2 Å². The van der Waals surface area contributed by atoms with Gasteiger partial charge in [0.2, 0.25) is 0 Å². The number of nitrogens with zero attached hydrogens (tertiary/aromatic N) is 1. The van der Waals surface area contributed by atoms with Crippen LogP contribution >= 0.6 is 9.24 Å². The van der Waals surface area contributed by atoms with Crippen LogP contribution in [0.4, 0.5) is 0 Å². The van der Waals surface area contributed by atoms with Crippen molar-refractivity contribution in [1.29, 1.82) is 0 Å². The number of rotatable bonds is 3. The first-order valence-corrected chi connectivity index (χ1v) is 3.73. The molecule has 1 unspecified atom stereocenters. The lowest BCUT2D eigenvalue weighted by Crippen LogP contribution is -2.20. The van der Waals surface area contributed by atoms with Crippen molar-refractivity contribution in [3.8, 4) is 0 Å². The fourth-order valence-corrected chi connectivity index (χ4v) is 1.02. The van der Waals surface area contributed by atoms with Crippen LogP contribution in [0.1, 0.15) is 13.3 Å². The van der Waals surface area contributed by atoms with Gasteiger partial charge in [-0.1, -0.05) is 6.92 Å². The van der Waals surface area contributed by atoms with Gasteiger partial charge in [-0.05, 0) is 26.2 Å². The number of hydrogen-bond donors (Lipinski definition) is 0. The predicted octanol–water partition coefficient (Wildman–Crippen LogP) is 1.20. The van der Waals surface area contributed by atoms with Crippen LogP contribution in [0.5, 0.6) is 0 Å². The molecule has 0 aromatic rings. The Balaban J connectivity index is 3.10. The molecule has 0 fully saturated rings. The Morgan fingerprint density at radius 3 is 2.12 bits per heavy atom. The Bertz CT molecular complexity index is 54.5. The summed E-state index contributed by atoms with van der Waals surface area (Å²) in [6.07, 6.45) is 1.25. The third-order valence-electron chi connectivity index (χ3n) is 1.12. The van der Waals surface area contributed by atoms with Crippen molar-refractivity contribution in [3.63, 3.8) is 0 Å². The van der Waals surface area contributed by atoms with Gasteiger partial charge in [0.15, 0.2) is 0 Å². The summed E-state index contributed by atoms with van der Waals surface area (Å²) in [6.45, 7) is 3.39. The van der Waals surface area contributed by atoms with E-state index in [0.29, 0.717) is 0 Å². The van der Waals surface area contributed by atoms with E-state index in [4.69, 9.17) is 0 Å². The first-order valence-electron chi connectivity index (χ1n) is 3.07. The highest BCUT2D eigenvalue weighted by atomic mass is 31.0. The van der Waals surface area contributed by atoms with E-state index in [1.807, 2.05) is 0 Å². The first-order chi connectivity index (χ1) is 3.66. The minimum Gasteiger partial charge on any atom is -0.309 e. The van der Waals surface area contributed by atoms with Crippen LogP contribution in [0.3, 0.4) is 0 Å². The van der Waals surface area contributed by atoms with Gasteiger partial charge in [0.1, 0.15) is 0 Å². The summed E-state index contributed by atoms with van der Waals surface area (Å²) in [5.41, 5.74) is 0.769. The van der Waals surface area contributed by atoms with Crippen molar-refractivity contribution >= 4 is 9.24 Å². The molecule has 0 aromatic heterocycles. The zero-order chi connectivity index (χ0) is 6.57. The molecule has 0 amide bonds. The average Bonchev–Trinajstić information content (AvgIpc) is 1.65. The van der Waals surface area contributed by atoms with E-state index >= 15 is 0 Å². The van der Waals surface area contributed by atoms with Crippen LogP contribution in [-0.2, 0) is 0 Å². The Morgan fingerprint density at radius 2 is 2.00 bits per heavy atom. The van der Waals surface area contributed by atoms with Crippen molar-refractivity contribution in [2.75, 3.05) is 20.6 Å². The van der Waals surface area contributed by atoms with Crippen molar-refractivity contribution in [3.05, 3.63) is 0 Å². The third-order valence-corrected chi connectivity index (χ3v) is 1.81. The molecule has 0 heterocycles. The van der Waals surface area contributed by atoms with Gasteiger partial charge >= 0.3 is 0 Å². The highest BCUT2D eigenvalue weighted by Crippen LogP contribution is 2.04. The maximum Gasteiger partial charge on any atom is 0.00381 e. The summed E-state index contributed by atoms with van der Waals surface area (Å²) in [6, 6.07) is 0. The normalized spacial score (nSPS) is 14.6. The molecule has 0 aliphatic heterocycles. The predicted molar refractivity (Wildman–Crippen MR) is 42.3 cm³/mol. The van der Waals surface area contributed by atoms with Gasteiger partial charge in [-0.25, -0.2) is 0 Å². The van der Waals surface area contributed by atoms with E-state index in [1.165, 1.54) is 13.0 Å². The molecule has 0 spiro atoms. The van der Waals surface area contributed by atoms with Crippen LogP contribution < -0.4 is 0 Å². The van der Waals surface area contributed by atoms with Crippen LogP contribution in [0.15, 0.2) is 0 Å². The maximum atomic E-state index is 2.84. The molecule has 0 saturated carbocycles. The van der Waals surface area contributed by atoms with Crippen LogP contribution in [0.25, 0.3) is 0 Å². The molecular weight excluding hydrogens is 117 g/mol. The summed E-state index contributed by atoms with van der Waals surface area (Å²) >= 11 is 0. The summed E-state index contributed by atoms with van der Waals surface area (Å²) in [5, 5.41) is 0. The average molecular weight is 133 g/mol. The lowest BCUT2D eigenvalue weighted by Gasteiger charge is -2.13. The summed E-state index contributed by atoms with van der Waals surface area (Å²) in [5.74, 6) is 0. The Hall–Kier alpha value is 0.390. The molecule has 0 N–H and O–H groups in total. The topological polar surface area (TPSA) is 3.24 Å². The van der Waals surface area contributed by atoms with E-state index in [0.717, 1.165) is 5.66 Å². The first kappa shape index (κ1) is 8.39. The third kappa shape index (κ3) is 4.55. The zero-order valence-electron chi connectivity index (χ0n) is 6.02. The van der Waals surface area contributed by atoms with E-state index in [-0.39, 0.29) is 0 Å². The van der Waals surface area contributed by atoms with Gasteiger partial charge in [0.05, 0.1) is 0 Å². The highest BCUT2D eigenvalue weighted by Gasteiger charge is 1.97. The minimum absolute atomic E-state index is 0.769. The molecule has 0 rings (SSSR count). The van der Waals surface area contributed by atoms with E-state index in [9.17, 15) is 0 Å². The molecular formula is C6H16NP. The Labute approximate surface area is 54.7 Å². The van der Waals surface area contributed by atoms with E-state index < -0.39 is 0 Å². The summed E-state index contributed by atoms with van der Waals surface area (Å²) < 4.78 is 0. The second-order valence-electron chi connectivity index (χ2n) is 2.43. The number of hydrogen-bond acceptors (Lipinski definition) is 1. The lowest BCUT2D eigenvalue weighted by atomic mass is 10.3. The second kappa shape index (κ2) is 4.29. The minimum atomic E-state index is 0.769. The van der Waals surface area contributed by atoms with E-state index in [1.54, 1.807) is 0 Å². The molecule has 0 aliphatic carbocycles. The van der Waals surface area contributed by atoms with Gasteiger partial charge in [-0.3, -0.25) is 0 Å². The zero-order valence-corrected chi connectivity index (χ0v) is 7.17. The summed E-state index contributed by atoms with van der Waals surface area (Å²) in [7, 11) is 7.04. The lowest BCUT2D eigenvalue weighted by molar-refractivity contribution is 0.404. The van der Waals surface area contributed by atoms with Gasteiger partial charge in [-0.15, -0.1) is 9.24 Å². The van der Waals surface area contributed by atoms with Gasteiger partial charge < -0.3 is 4.90 Å². The van der Waals surface area contributed by atoms with Crippen molar-refractivity contribution in [2.24, 2.45) is 0 Å². The molecule has 8 heavy (non-hydrogen) atoms. The molecule has 0 aromatic carbocycles. The molecule has 1 nitrogen and oxygen atoms in total. The largest absolute Gasteiger partial charge is 0.309 e. The van der Waals surface area contributed by atoms with Crippen LogP contribution in [0, 0.1) is 0 Å². The van der Waals surface area contributed by atoms with Crippen molar-refractivity contribution in [2.45, 2.75) is 19.0 Å². The molecule has 0 aliphatic rings. The smallest absolute Gasteiger partial charge is 0.00381 e. The fourth-order valence-electron chi connectivity index (χ4n) is 0.598. The highest BCUT2D eigenvalue weighted by molar-refractivity contribution is 7.17. The monoisotopic (exact) mass is 133 g/mol. The standard InChI is InChI=1S/C6H16NP/c1-4-6(8)5-7(2)3/h6H,4-5,8H2,1-3H3/t6-/m1/s1. The van der Waals surface area contributed by atoms with Gasteiger partial charge in [0.25, 0.3) is 0 Å². The van der Waals surface area contributed by atoms with Gasteiger partial charge in [0, 0.05) is 6.54 Å². The molecule has 2 atom stereocenters. The molecule has 0 bridgehead atoms. The Kier molecular flexibility index (Phi) is 4.50. The molecule has 0 radical (unpaired) electrons. The Morgan fingerprint density at radius 1 is 1.50 bits per heavy atom. The maximum absolute atomic E-state index is 2.84. The second-order valence-corrected chi connectivity index (χ2v) is 3.37. The molecule has 0 saturated heterocycles. The molecule has 50 valence electrons. The SMILES string of the molecule is CC[C@@H](P)CN(C)C. The van der Waals surface area contributed by atoms with E-state index in [2.05, 4.69) is 35.2 Å². The quantitative estimate of drug-likeness (QED) is 0.523. The van der Waals surface area contributed by atoms with Gasteiger partial charge in [-0.2, -0.15) is 0 Å². The van der Waals surface area contributed by atoms with Crippen molar-refractivity contribution in [1.82, 2.24) is 4.90 Å². The summed E-state index contributed by atoms with van der Waals surface area (Å²) in [4.78, 5) is 2.21. The van der Waals surface area contributed by atoms with Crippen molar-refractivity contribution < 1.29 is 0 Å². The molecule has 2 heteroatoms. The fraction of sp³-hybridized carbons (Fsp3) is 1.00.